The number of carbonyl (C=O) groups excluding carboxylic acids is 1. The number of carbonyl (C=O) groups is 1. The molecule has 1 saturated heterocycles. The summed E-state index contributed by atoms with van der Waals surface area (Å²) in [6.45, 7) is 3.89. The maximum Gasteiger partial charge on any atom is 0.246 e. The van der Waals surface area contributed by atoms with Crippen LogP contribution in [0.1, 0.15) is 17.5 Å². The predicted octanol–water partition coefficient (Wildman–Crippen LogP) is 0.327. The normalized spacial score (nSPS) is 22.1. The minimum Gasteiger partial charge on any atom is -0.390 e. The van der Waals surface area contributed by atoms with Gasteiger partial charge in [-0.1, -0.05) is 24.3 Å². The number of fused-ring (bicyclic) bond motifs is 1. The van der Waals surface area contributed by atoms with Gasteiger partial charge in [-0.2, -0.15) is 0 Å². The molecule has 0 aromatic heterocycles. The van der Waals surface area contributed by atoms with Gasteiger partial charge in [0.2, 0.25) is 5.91 Å². The van der Waals surface area contributed by atoms with E-state index < -0.39 is 6.10 Å². The third-order valence-electron chi connectivity index (χ3n) is 4.55. The smallest absolute Gasteiger partial charge is 0.246 e. The van der Waals surface area contributed by atoms with Gasteiger partial charge in [-0.25, -0.2) is 0 Å². The summed E-state index contributed by atoms with van der Waals surface area (Å²) >= 11 is 0. The Labute approximate surface area is 142 Å². The zero-order chi connectivity index (χ0) is 16.8. The Hall–Kier alpha value is -1.47. The van der Waals surface area contributed by atoms with Gasteiger partial charge in [0.25, 0.3) is 0 Å². The standard InChI is InChI=1S/C18H26N2O4/c21-16(9-19-18(22)13-24-17-6-8-23-12-17)11-20-7-5-14-3-1-2-4-15(14)10-20/h1-4,16-17,21H,5-13H2,(H,19,22). The van der Waals surface area contributed by atoms with Gasteiger partial charge in [0, 0.05) is 32.8 Å². The van der Waals surface area contributed by atoms with Crippen molar-refractivity contribution in [3.05, 3.63) is 35.4 Å². The lowest BCUT2D eigenvalue weighted by Gasteiger charge is -2.30. The van der Waals surface area contributed by atoms with Gasteiger partial charge in [-0.3, -0.25) is 9.69 Å². The van der Waals surface area contributed by atoms with Crippen molar-refractivity contribution in [1.82, 2.24) is 10.2 Å². The van der Waals surface area contributed by atoms with E-state index in [1.807, 2.05) is 6.07 Å². The third-order valence-corrected chi connectivity index (χ3v) is 4.55. The number of aliphatic hydroxyl groups is 1. The Morgan fingerprint density at radius 1 is 1.42 bits per heavy atom. The molecule has 6 nitrogen and oxygen atoms in total. The van der Waals surface area contributed by atoms with Crippen molar-refractivity contribution in [3.63, 3.8) is 0 Å². The number of rotatable bonds is 7. The van der Waals surface area contributed by atoms with Gasteiger partial charge < -0.3 is 19.9 Å². The van der Waals surface area contributed by atoms with Gasteiger partial charge in [-0.15, -0.1) is 0 Å². The van der Waals surface area contributed by atoms with Crippen LogP contribution in [0.3, 0.4) is 0 Å². The van der Waals surface area contributed by atoms with E-state index >= 15 is 0 Å². The second-order valence-corrected chi connectivity index (χ2v) is 6.51. The first kappa shape index (κ1) is 17.4. The number of hydrogen-bond acceptors (Lipinski definition) is 5. The van der Waals surface area contributed by atoms with E-state index in [1.54, 1.807) is 0 Å². The lowest BCUT2D eigenvalue weighted by Crippen LogP contribution is -2.42. The molecule has 1 fully saturated rings. The van der Waals surface area contributed by atoms with Crippen LogP contribution in [-0.2, 0) is 27.2 Å². The average Bonchev–Trinajstić information content (AvgIpc) is 3.11. The van der Waals surface area contributed by atoms with Crippen molar-refractivity contribution >= 4 is 5.91 Å². The van der Waals surface area contributed by atoms with Crippen molar-refractivity contribution in [1.29, 1.82) is 0 Å². The zero-order valence-corrected chi connectivity index (χ0v) is 13.9. The molecule has 2 aliphatic heterocycles. The molecule has 132 valence electrons. The number of nitrogens with one attached hydrogen (secondary N) is 1. The summed E-state index contributed by atoms with van der Waals surface area (Å²) in [5, 5.41) is 12.9. The maximum absolute atomic E-state index is 11.8. The van der Waals surface area contributed by atoms with Crippen LogP contribution in [-0.4, -0.2) is 67.6 Å². The summed E-state index contributed by atoms with van der Waals surface area (Å²) < 4.78 is 10.7. The van der Waals surface area contributed by atoms with Crippen LogP contribution < -0.4 is 5.32 Å². The van der Waals surface area contributed by atoms with Crippen molar-refractivity contribution < 1.29 is 19.4 Å². The van der Waals surface area contributed by atoms with Crippen molar-refractivity contribution in [3.8, 4) is 0 Å². The fourth-order valence-corrected chi connectivity index (χ4v) is 3.19. The molecule has 0 aliphatic carbocycles. The summed E-state index contributed by atoms with van der Waals surface area (Å²) in [7, 11) is 0. The van der Waals surface area contributed by atoms with E-state index in [2.05, 4.69) is 28.4 Å². The number of ether oxygens (including phenoxy) is 2. The molecule has 2 unspecified atom stereocenters. The molecule has 0 saturated carbocycles. The Balaban J connectivity index is 1.34. The van der Waals surface area contributed by atoms with E-state index in [1.165, 1.54) is 11.1 Å². The monoisotopic (exact) mass is 334 g/mol. The number of benzene rings is 1. The van der Waals surface area contributed by atoms with E-state index in [4.69, 9.17) is 9.47 Å². The Kier molecular flexibility index (Phi) is 6.20. The van der Waals surface area contributed by atoms with Gasteiger partial charge in [0.15, 0.2) is 0 Å². The zero-order valence-electron chi connectivity index (χ0n) is 13.9. The molecule has 1 amide bonds. The fourth-order valence-electron chi connectivity index (χ4n) is 3.19. The SMILES string of the molecule is O=C(COC1CCOC1)NCC(O)CN1CCc2ccccc2C1. The van der Waals surface area contributed by atoms with Crippen molar-refractivity contribution in [2.75, 3.05) is 39.5 Å². The Bertz CT molecular complexity index is 546. The molecule has 0 radical (unpaired) electrons. The minimum atomic E-state index is -0.575. The molecule has 2 heterocycles. The summed E-state index contributed by atoms with van der Waals surface area (Å²) in [6, 6.07) is 8.42. The van der Waals surface area contributed by atoms with E-state index in [-0.39, 0.29) is 25.2 Å². The first-order valence-electron chi connectivity index (χ1n) is 8.64. The van der Waals surface area contributed by atoms with Gasteiger partial charge in [-0.05, 0) is 24.0 Å². The van der Waals surface area contributed by atoms with Gasteiger partial charge >= 0.3 is 0 Å². The Morgan fingerprint density at radius 2 is 2.25 bits per heavy atom. The molecule has 1 aromatic rings. The van der Waals surface area contributed by atoms with Crippen LogP contribution in [0.25, 0.3) is 0 Å². The molecule has 24 heavy (non-hydrogen) atoms. The Morgan fingerprint density at radius 3 is 3.04 bits per heavy atom. The molecule has 6 heteroatoms. The van der Waals surface area contributed by atoms with Crippen molar-refractivity contribution in [2.45, 2.75) is 31.6 Å². The van der Waals surface area contributed by atoms with Crippen LogP contribution >= 0.6 is 0 Å². The highest BCUT2D eigenvalue weighted by atomic mass is 16.5. The van der Waals surface area contributed by atoms with E-state index in [0.717, 1.165) is 25.9 Å². The molecule has 0 bridgehead atoms. The number of amides is 1. The molecule has 0 spiro atoms. The average molecular weight is 334 g/mol. The highest BCUT2D eigenvalue weighted by Gasteiger charge is 2.20. The van der Waals surface area contributed by atoms with Crippen LogP contribution in [0.5, 0.6) is 0 Å². The summed E-state index contributed by atoms with van der Waals surface area (Å²) in [5.74, 6) is -0.190. The van der Waals surface area contributed by atoms with Crippen molar-refractivity contribution in [2.24, 2.45) is 0 Å². The lowest BCUT2D eigenvalue weighted by atomic mass is 10.00. The van der Waals surface area contributed by atoms with E-state index in [9.17, 15) is 9.90 Å². The second-order valence-electron chi connectivity index (χ2n) is 6.51. The van der Waals surface area contributed by atoms with Crippen LogP contribution in [0.15, 0.2) is 24.3 Å². The van der Waals surface area contributed by atoms with Crippen LogP contribution in [0, 0.1) is 0 Å². The molecule has 2 atom stereocenters. The molecule has 2 N–H and O–H groups in total. The summed E-state index contributed by atoms with van der Waals surface area (Å²) in [5.41, 5.74) is 2.72. The highest BCUT2D eigenvalue weighted by molar-refractivity contribution is 5.77. The van der Waals surface area contributed by atoms with Crippen LogP contribution in [0.2, 0.25) is 0 Å². The lowest BCUT2D eigenvalue weighted by molar-refractivity contribution is -0.128. The number of β-amino-alcohol motifs (C(OH)–C–C–N with tert-alkyl or cyclic N) is 1. The van der Waals surface area contributed by atoms with Gasteiger partial charge in [0.05, 0.1) is 18.8 Å². The molecular formula is C18H26N2O4. The number of aliphatic hydroxyl groups excluding tert-OH is 1. The second kappa shape index (κ2) is 8.58. The highest BCUT2D eigenvalue weighted by Crippen LogP contribution is 2.18. The quantitative estimate of drug-likeness (QED) is 0.752. The fraction of sp³-hybridized carbons (Fsp3) is 0.611. The summed E-state index contributed by atoms with van der Waals surface area (Å²) in [6.07, 6.45) is 1.29. The van der Waals surface area contributed by atoms with Crippen LogP contribution in [0.4, 0.5) is 0 Å². The van der Waals surface area contributed by atoms with Gasteiger partial charge in [0.1, 0.15) is 6.61 Å². The predicted molar refractivity (Wildman–Crippen MR) is 89.6 cm³/mol. The first-order valence-corrected chi connectivity index (χ1v) is 8.64. The molecule has 3 rings (SSSR count). The van der Waals surface area contributed by atoms with E-state index in [0.29, 0.717) is 19.8 Å². The molecule has 2 aliphatic rings. The third kappa shape index (κ3) is 5.01. The topological polar surface area (TPSA) is 71.0 Å². The molecule has 1 aromatic carbocycles. The number of hydrogen-bond donors (Lipinski definition) is 2. The summed E-state index contributed by atoms with van der Waals surface area (Å²) in [4.78, 5) is 14.0. The largest absolute Gasteiger partial charge is 0.390 e. The number of nitrogens with zero attached hydrogens (tertiary/aromatic N) is 1. The maximum atomic E-state index is 11.8. The molecular weight excluding hydrogens is 308 g/mol. The minimum absolute atomic E-state index is 0.0223. The first-order chi connectivity index (χ1) is 11.7.